The number of ether oxygens (including phenoxy) is 2. The summed E-state index contributed by atoms with van der Waals surface area (Å²) in [5.74, 6) is 0.423. The van der Waals surface area contributed by atoms with Gasteiger partial charge in [0, 0.05) is 25.9 Å². The minimum atomic E-state index is -0.0612. The van der Waals surface area contributed by atoms with Crippen LogP contribution in [0.5, 0.6) is 0 Å². The van der Waals surface area contributed by atoms with E-state index >= 15 is 0 Å². The molecule has 1 atom stereocenters. The second-order valence-electron chi connectivity index (χ2n) is 3.70. The predicted molar refractivity (Wildman–Crippen MR) is 48.0 cm³/mol. The molecule has 72 valence electrons. The van der Waals surface area contributed by atoms with Gasteiger partial charge in [-0.1, -0.05) is 6.92 Å². The number of rotatable bonds is 3. The molecule has 0 aliphatic carbocycles. The quantitative estimate of drug-likeness (QED) is 0.686. The molecule has 0 aromatic heterocycles. The Bertz CT molecular complexity index is 132. The second-order valence-corrected chi connectivity index (χ2v) is 3.70. The van der Waals surface area contributed by atoms with Gasteiger partial charge in [0.15, 0.2) is 0 Å². The van der Waals surface area contributed by atoms with Gasteiger partial charge in [-0.15, -0.1) is 0 Å². The summed E-state index contributed by atoms with van der Waals surface area (Å²) in [5, 5.41) is 0. The molecule has 3 heteroatoms. The molecule has 0 aromatic carbocycles. The maximum Gasteiger partial charge on any atom is 0.0505 e. The first-order chi connectivity index (χ1) is 5.69. The molecule has 0 radical (unpaired) electrons. The highest BCUT2D eigenvalue weighted by atomic mass is 16.5. The van der Waals surface area contributed by atoms with Gasteiger partial charge in [0.05, 0.1) is 6.61 Å². The second kappa shape index (κ2) is 4.21. The number of nitrogens with two attached hydrogens (primary N) is 1. The Morgan fingerprint density at radius 3 is 2.58 bits per heavy atom. The first-order valence-electron chi connectivity index (χ1n) is 4.54. The van der Waals surface area contributed by atoms with E-state index < -0.39 is 0 Å². The van der Waals surface area contributed by atoms with Crippen LogP contribution in [-0.4, -0.2) is 32.5 Å². The van der Waals surface area contributed by atoms with Crippen molar-refractivity contribution < 1.29 is 9.47 Å². The summed E-state index contributed by atoms with van der Waals surface area (Å²) in [6.45, 7) is 4.49. The monoisotopic (exact) mass is 173 g/mol. The van der Waals surface area contributed by atoms with E-state index in [9.17, 15) is 0 Å². The van der Waals surface area contributed by atoms with E-state index in [4.69, 9.17) is 15.2 Å². The molecule has 3 nitrogen and oxygen atoms in total. The van der Waals surface area contributed by atoms with Crippen LogP contribution < -0.4 is 5.73 Å². The summed E-state index contributed by atoms with van der Waals surface area (Å²) in [6.07, 6.45) is 1.91. The van der Waals surface area contributed by atoms with Crippen LogP contribution in [0.15, 0.2) is 0 Å². The molecule has 0 amide bonds. The van der Waals surface area contributed by atoms with Crippen molar-refractivity contribution in [1.82, 2.24) is 0 Å². The van der Waals surface area contributed by atoms with Crippen molar-refractivity contribution in [2.45, 2.75) is 25.3 Å². The summed E-state index contributed by atoms with van der Waals surface area (Å²) in [7, 11) is 1.72. The highest BCUT2D eigenvalue weighted by molar-refractivity contribution is 4.90. The largest absolute Gasteiger partial charge is 0.384 e. The first kappa shape index (κ1) is 9.96. The first-order valence-corrected chi connectivity index (χ1v) is 4.54. The molecule has 0 bridgehead atoms. The van der Waals surface area contributed by atoms with E-state index in [-0.39, 0.29) is 5.54 Å². The van der Waals surface area contributed by atoms with Gasteiger partial charge in [0.2, 0.25) is 0 Å². The molecule has 1 saturated heterocycles. The normalized spacial score (nSPS) is 25.2. The zero-order valence-electron chi connectivity index (χ0n) is 8.01. The van der Waals surface area contributed by atoms with Gasteiger partial charge < -0.3 is 15.2 Å². The van der Waals surface area contributed by atoms with Crippen LogP contribution in [0.25, 0.3) is 0 Å². The van der Waals surface area contributed by atoms with Gasteiger partial charge in [-0.05, 0) is 18.8 Å². The maximum absolute atomic E-state index is 6.23. The minimum absolute atomic E-state index is 0.0612. The number of hydrogen-bond acceptors (Lipinski definition) is 3. The average molecular weight is 173 g/mol. The lowest BCUT2D eigenvalue weighted by molar-refractivity contribution is 0.0138. The third-order valence-electron chi connectivity index (χ3n) is 2.82. The maximum atomic E-state index is 6.23. The van der Waals surface area contributed by atoms with Crippen molar-refractivity contribution in [3.63, 3.8) is 0 Å². The van der Waals surface area contributed by atoms with Crippen molar-refractivity contribution in [1.29, 1.82) is 0 Å². The highest BCUT2D eigenvalue weighted by Crippen LogP contribution is 2.26. The molecule has 1 heterocycles. The molecule has 0 saturated carbocycles. The van der Waals surface area contributed by atoms with Crippen LogP contribution in [0.3, 0.4) is 0 Å². The highest BCUT2D eigenvalue weighted by Gasteiger charge is 2.33. The number of methoxy groups -OCH3 is 1. The van der Waals surface area contributed by atoms with Gasteiger partial charge >= 0.3 is 0 Å². The minimum Gasteiger partial charge on any atom is -0.384 e. The molecule has 12 heavy (non-hydrogen) atoms. The van der Waals surface area contributed by atoms with Gasteiger partial charge in [-0.3, -0.25) is 0 Å². The van der Waals surface area contributed by atoms with E-state index in [1.165, 1.54) is 0 Å². The summed E-state index contributed by atoms with van der Waals surface area (Å²) in [4.78, 5) is 0. The summed E-state index contributed by atoms with van der Waals surface area (Å²) < 4.78 is 10.4. The van der Waals surface area contributed by atoms with E-state index in [0.717, 1.165) is 32.7 Å². The summed E-state index contributed by atoms with van der Waals surface area (Å²) in [5.41, 5.74) is 6.17. The standard InChI is InChI=1S/C9H19NO2/c1-8(7-11-2)9(10)3-5-12-6-4-9/h8H,3-7,10H2,1-2H3. The zero-order chi connectivity index (χ0) is 9.03. The fraction of sp³-hybridized carbons (Fsp3) is 1.00. The fourth-order valence-electron chi connectivity index (χ4n) is 1.66. The van der Waals surface area contributed by atoms with Crippen molar-refractivity contribution in [2.24, 2.45) is 11.7 Å². The Morgan fingerprint density at radius 2 is 2.08 bits per heavy atom. The molecule has 0 spiro atoms. The molecule has 1 aliphatic rings. The van der Waals surface area contributed by atoms with Crippen molar-refractivity contribution in [3.05, 3.63) is 0 Å². The molecule has 0 aromatic rings. The molecule has 1 rings (SSSR count). The van der Waals surface area contributed by atoms with Crippen LogP contribution in [-0.2, 0) is 9.47 Å². The third kappa shape index (κ3) is 2.19. The molecule has 1 fully saturated rings. The van der Waals surface area contributed by atoms with Gasteiger partial charge in [0.1, 0.15) is 0 Å². The Hall–Kier alpha value is -0.120. The predicted octanol–water partition coefficient (Wildman–Crippen LogP) is 0.777. The van der Waals surface area contributed by atoms with Crippen LogP contribution in [0, 0.1) is 5.92 Å². The van der Waals surface area contributed by atoms with Gasteiger partial charge in [0.25, 0.3) is 0 Å². The molecule has 1 unspecified atom stereocenters. The fourth-order valence-corrected chi connectivity index (χ4v) is 1.66. The average Bonchev–Trinajstić information content (AvgIpc) is 2.06. The van der Waals surface area contributed by atoms with Crippen molar-refractivity contribution in [3.8, 4) is 0 Å². The Balaban J connectivity index is 2.44. The molecular weight excluding hydrogens is 154 g/mol. The van der Waals surface area contributed by atoms with E-state index in [1.54, 1.807) is 7.11 Å². The lowest BCUT2D eigenvalue weighted by Gasteiger charge is -2.38. The lowest BCUT2D eigenvalue weighted by Crippen LogP contribution is -2.51. The van der Waals surface area contributed by atoms with Crippen molar-refractivity contribution in [2.75, 3.05) is 26.9 Å². The Morgan fingerprint density at radius 1 is 1.50 bits per heavy atom. The van der Waals surface area contributed by atoms with Crippen molar-refractivity contribution >= 4 is 0 Å². The smallest absolute Gasteiger partial charge is 0.0505 e. The topological polar surface area (TPSA) is 44.5 Å². The zero-order valence-corrected chi connectivity index (χ0v) is 8.01. The van der Waals surface area contributed by atoms with Gasteiger partial charge in [-0.2, -0.15) is 0 Å². The van der Waals surface area contributed by atoms with Gasteiger partial charge in [-0.25, -0.2) is 0 Å². The molecule has 1 aliphatic heterocycles. The molecule has 2 N–H and O–H groups in total. The van der Waals surface area contributed by atoms with E-state index in [1.807, 2.05) is 0 Å². The number of hydrogen-bond donors (Lipinski definition) is 1. The van der Waals surface area contributed by atoms with Crippen LogP contribution in [0.2, 0.25) is 0 Å². The summed E-state index contributed by atoms with van der Waals surface area (Å²) in [6, 6.07) is 0. The van der Waals surface area contributed by atoms with Crippen LogP contribution >= 0.6 is 0 Å². The Kier molecular flexibility index (Phi) is 3.50. The SMILES string of the molecule is COCC(C)C1(N)CCOCC1. The van der Waals surface area contributed by atoms with E-state index in [2.05, 4.69) is 6.92 Å². The van der Waals surface area contributed by atoms with E-state index in [0.29, 0.717) is 5.92 Å². The lowest BCUT2D eigenvalue weighted by atomic mass is 9.80. The Labute approximate surface area is 74.2 Å². The third-order valence-corrected chi connectivity index (χ3v) is 2.82. The van der Waals surface area contributed by atoms with Crippen LogP contribution in [0.1, 0.15) is 19.8 Å². The summed E-state index contributed by atoms with van der Waals surface area (Å²) >= 11 is 0. The van der Waals surface area contributed by atoms with Crippen LogP contribution in [0.4, 0.5) is 0 Å². The molecular formula is C9H19NO2.